The van der Waals surface area contributed by atoms with Crippen LogP contribution < -0.4 is 5.32 Å². The van der Waals surface area contributed by atoms with Gasteiger partial charge in [-0.15, -0.1) is 0 Å². The first kappa shape index (κ1) is 6.44. The van der Waals surface area contributed by atoms with E-state index in [9.17, 15) is 0 Å². The van der Waals surface area contributed by atoms with E-state index in [0.717, 1.165) is 30.9 Å². The van der Waals surface area contributed by atoms with Gasteiger partial charge in [-0.1, -0.05) is 13.8 Å². The highest BCUT2D eigenvalue weighted by atomic mass is 16.5. The molecule has 2 saturated heterocycles. The highest BCUT2D eigenvalue weighted by Gasteiger charge is 2.91. The minimum atomic E-state index is 0.504. The van der Waals surface area contributed by atoms with Crippen molar-refractivity contribution >= 4 is 0 Å². The molecule has 2 aliphatic carbocycles. The van der Waals surface area contributed by atoms with Crippen molar-refractivity contribution in [2.24, 2.45) is 17.8 Å². The van der Waals surface area contributed by atoms with Crippen LogP contribution in [0.2, 0.25) is 0 Å². The van der Waals surface area contributed by atoms with Gasteiger partial charge in [0.15, 0.2) is 0 Å². The van der Waals surface area contributed by atoms with Crippen LogP contribution in [0.3, 0.4) is 0 Å². The molecule has 4 aliphatic rings. The first-order chi connectivity index (χ1) is 5.27. The first-order valence-electron chi connectivity index (χ1n) is 4.63. The number of fused-ring (bicyclic) bond motifs is 1. The van der Waals surface area contributed by atoms with Crippen molar-refractivity contribution in [2.75, 3.05) is 13.2 Å². The molecule has 0 amide bonds. The summed E-state index contributed by atoms with van der Waals surface area (Å²) in [5.41, 5.74) is 0.504. The lowest BCUT2D eigenvalue weighted by Crippen LogP contribution is -2.33. The van der Waals surface area contributed by atoms with Crippen molar-refractivity contribution in [2.45, 2.75) is 25.5 Å². The first-order valence-corrected chi connectivity index (χ1v) is 4.63. The van der Waals surface area contributed by atoms with Crippen molar-refractivity contribution < 1.29 is 4.74 Å². The van der Waals surface area contributed by atoms with Crippen LogP contribution in [0.15, 0.2) is 0 Å². The predicted molar refractivity (Wildman–Crippen MR) is 42.3 cm³/mol. The molecule has 2 aliphatic heterocycles. The molecule has 4 fully saturated rings. The van der Waals surface area contributed by atoms with Crippen molar-refractivity contribution in [3.05, 3.63) is 0 Å². The van der Waals surface area contributed by atoms with Gasteiger partial charge in [0.1, 0.15) is 0 Å². The summed E-state index contributed by atoms with van der Waals surface area (Å²) in [6.45, 7) is 6.70. The Balaban J connectivity index is 1.59. The summed E-state index contributed by atoms with van der Waals surface area (Å²) in [5.74, 6) is 2.58. The SMILES string of the molecule is CC(C)CN[C@@]12C3OC[C@H]1C32. The van der Waals surface area contributed by atoms with Crippen molar-refractivity contribution in [1.82, 2.24) is 5.32 Å². The molecular formula is C9H15NO. The molecule has 0 spiro atoms. The number of nitrogens with one attached hydrogen (secondary N) is 1. The average Bonchev–Trinajstić information content (AvgIpc) is 2.59. The summed E-state index contributed by atoms with van der Waals surface area (Å²) in [6.07, 6.45) is 0.617. The minimum absolute atomic E-state index is 0.504. The molecule has 1 N–H and O–H groups in total. The van der Waals surface area contributed by atoms with Gasteiger partial charge in [0.05, 0.1) is 18.2 Å². The Hall–Kier alpha value is -0.0800. The largest absolute Gasteiger partial charge is 0.376 e. The summed E-state index contributed by atoms with van der Waals surface area (Å²) in [6, 6.07) is 0. The Morgan fingerprint density at radius 3 is 2.91 bits per heavy atom. The molecule has 0 aromatic carbocycles. The summed E-state index contributed by atoms with van der Waals surface area (Å²) in [5, 5.41) is 3.64. The molecule has 11 heavy (non-hydrogen) atoms. The van der Waals surface area contributed by atoms with E-state index >= 15 is 0 Å². The standard InChI is InChI=1S/C9H15NO/c1-5(2)3-10-9-6-4-11-8(9)7(6)9/h5-8,10H,3-4H2,1-2H3/t6-,7?,8?,9-/m0/s1. The van der Waals surface area contributed by atoms with E-state index in [2.05, 4.69) is 19.2 Å². The Bertz CT molecular complexity index is 180. The van der Waals surface area contributed by atoms with Crippen LogP contribution in [-0.2, 0) is 4.74 Å². The number of rotatable bonds is 3. The zero-order chi connectivity index (χ0) is 7.64. The Labute approximate surface area is 67.3 Å². The zero-order valence-corrected chi connectivity index (χ0v) is 7.13. The highest BCUT2D eigenvalue weighted by Crippen LogP contribution is 2.77. The van der Waals surface area contributed by atoms with E-state index in [0.29, 0.717) is 11.6 Å². The Morgan fingerprint density at radius 2 is 2.45 bits per heavy atom. The molecule has 4 rings (SSSR count). The van der Waals surface area contributed by atoms with Crippen LogP contribution in [0.5, 0.6) is 0 Å². The molecule has 0 radical (unpaired) electrons. The fourth-order valence-corrected chi connectivity index (χ4v) is 2.64. The van der Waals surface area contributed by atoms with E-state index in [-0.39, 0.29) is 0 Å². The third-order valence-corrected chi connectivity index (χ3v) is 3.45. The lowest BCUT2D eigenvalue weighted by Gasteiger charge is -2.11. The van der Waals surface area contributed by atoms with Crippen LogP contribution in [0.4, 0.5) is 0 Å². The monoisotopic (exact) mass is 153 g/mol. The molecular weight excluding hydrogens is 138 g/mol. The molecule has 2 heterocycles. The molecule has 2 heteroatoms. The van der Waals surface area contributed by atoms with Crippen LogP contribution in [0, 0.1) is 17.8 Å². The fourth-order valence-electron chi connectivity index (χ4n) is 2.64. The van der Waals surface area contributed by atoms with Gasteiger partial charge in [-0.3, -0.25) is 0 Å². The average molecular weight is 153 g/mol. The maximum atomic E-state index is 5.54. The van der Waals surface area contributed by atoms with Crippen molar-refractivity contribution in [3.63, 3.8) is 0 Å². The zero-order valence-electron chi connectivity index (χ0n) is 7.13. The van der Waals surface area contributed by atoms with Gasteiger partial charge < -0.3 is 10.1 Å². The number of hydrogen-bond acceptors (Lipinski definition) is 2. The molecule has 2 unspecified atom stereocenters. The van der Waals surface area contributed by atoms with Gasteiger partial charge in [-0.2, -0.15) is 0 Å². The van der Waals surface area contributed by atoms with Crippen LogP contribution in [-0.4, -0.2) is 24.8 Å². The van der Waals surface area contributed by atoms with Gasteiger partial charge in [-0.25, -0.2) is 0 Å². The Morgan fingerprint density at radius 1 is 1.64 bits per heavy atom. The third-order valence-electron chi connectivity index (χ3n) is 3.45. The van der Waals surface area contributed by atoms with Gasteiger partial charge in [0.2, 0.25) is 0 Å². The van der Waals surface area contributed by atoms with Crippen LogP contribution >= 0.6 is 0 Å². The summed E-state index contributed by atoms with van der Waals surface area (Å²) < 4.78 is 5.54. The topological polar surface area (TPSA) is 21.3 Å². The molecule has 2 saturated carbocycles. The van der Waals surface area contributed by atoms with E-state index in [1.54, 1.807) is 0 Å². The number of ether oxygens (including phenoxy) is 1. The van der Waals surface area contributed by atoms with Gasteiger partial charge in [0.25, 0.3) is 0 Å². The molecule has 0 aromatic heterocycles. The summed E-state index contributed by atoms with van der Waals surface area (Å²) in [7, 11) is 0. The Kier molecular flexibility index (Phi) is 0.961. The van der Waals surface area contributed by atoms with E-state index < -0.39 is 0 Å². The second kappa shape index (κ2) is 1.64. The molecule has 4 atom stereocenters. The molecule has 62 valence electrons. The summed E-state index contributed by atoms with van der Waals surface area (Å²) >= 11 is 0. The molecule has 2 bridgehead atoms. The van der Waals surface area contributed by atoms with E-state index in [1.807, 2.05) is 0 Å². The predicted octanol–water partition coefficient (Wildman–Crippen LogP) is 0.629. The molecule has 2 nitrogen and oxygen atoms in total. The normalized spacial score (nSPS) is 56.5. The highest BCUT2D eigenvalue weighted by molar-refractivity contribution is 5.44. The molecule has 0 aromatic rings. The van der Waals surface area contributed by atoms with Crippen molar-refractivity contribution in [1.29, 1.82) is 0 Å². The second-order valence-corrected chi connectivity index (χ2v) is 4.59. The van der Waals surface area contributed by atoms with E-state index in [1.165, 1.54) is 0 Å². The van der Waals surface area contributed by atoms with Crippen LogP contribution in [0.1, 0.15) is 13.8 Å². The van der Waals surface area contributed by atoms with Crippen molar-refractivity contribution in [3.8, 4) is 0 Å². The lowest BCUT2D eigenvalue weighted by molar-refractivity contribution is 0.171. The maximum absolute atomic E-state index is 5.54. The van der Waals surface area contributed by atoms with Crippen LogP contribution in [0.25, 0.3) is 0 Å². The third kappa shape index (κ3) is 0.574. The quantitative estimate of drug-likeness (QED) is 0.642. The van der Waals surface area contributed by atoms with Gasteiger partial charge >= 0.3 is 0 Å². The fraction of sp³-hybridized carbons (Fsp3) is 1.00. The lowest BCUT2D eigenvalue weighted by atomic mass is 10.1. The van der Waals surface area contributed by atoms with Gasteiger partial charge in [-0.05, 0) is 12.5 Å². The second-order valence-electron chi connectivity index (χ2n) is 4.59. The van der Waals surface area contributed by atoms with Gasteiger partial charge in [0, 0.05) is 11.8 Å². The smallest absolute Gasteiger partial charge is 0.0815 e. The minimum Gasteiger partial charge on any atom is -0.376 e. The number of hydrogen-bond donors (Lipinski definition) is 1. The summed E-state index contributed by atoms with van der Waals surface area (Å²) in [4.78, 5) is 0. The van der Waals surface area contributed by atoms with E-state index in [4.69, 9.17) is 4.74 Å². The maximum Gasteiger partial charge on any atom is 0.0815 e.